The van der Waals surface area contributed by atoms with Gasteiger partial charge in [0.1, 0.15) is 0 Å². The molecule has 0 saturated carbocycles. The van der Waals surface area contributed by atoms with Crippen LogP contribution in [0.5, 0.6) is 0 Å². The molecule has 4 heteroatoms. The zero-order valence-electron chi connectivity index (χ0n) is 10.6. The number of aryl methyl sites for hydroxylation is 1. The molecule has 0 spiro atoms. The van der Waals surface area contributed by atoms with E-state index in [-0.39, 0.29) is 0 Å². The average molecular weight is 272 g/mol. The monoisotopic (exact) mass is 272 g/mol. The number of hydrogen-bond donors (Lipinski definition) is 1. The molecule has 1 N–H and O–H groups in total. The largest absolute Gasteiger partial charge is 0.411 e. The van der Waals surface area contributed by atoms with E-state index in [0.717, 1.165) is 24.1 Å². The molecule has 1 aliphatic carbocycles. The molecule has 1 atom stereocenters. The molecule has 2 aromatic rings. The fourth-order valence-electron chi connectivity index (χ4n) is 2.74. The lowest BCUT2D eigenvalue weighted by Crippen LogP contribution is -2.14. The van der Waals surface area contributed by atoms with Crippen molar-refractivity contribution in [3.63, 3.8) is 0 Å². The van der Waals surface area contributed by atoms with Gasteiger partial charge in [0.25, 0.3) is 0 Å². The third-order valence-electron chi connectivity index (χ3n) is 3.64. The van der Waals surface area contributed by atoms with Crippen LogP contribution in [-0.2, 0) is 19.3 Å². The van der Waals surface area contributed by atoms with E-state index in [1.165, 1.54) is 28.6 Å². The average Bonchev–Trinajstić information content (AvgIpc) is 2.82. The van der Waals surface area contributed by atoms with Gasteiger partial charge in [0.15, 0.2) is 0 Å². The minimum absolute atomic E-state index is 0.703. The van der Waals surface area contributed by atoms with Crippen LogP contribution in [-0.4, -0.2) is 16.4 Å². The molecule has 2 aromatic heterocycles. The Balaban J connectivity index is 1.71. The van der Waals surface area contributed by atoms with E-state index in [4.69, 9.17) is 5.21 Å². The van der Waals surface area contributed by atoms with Gasteiger partial charge in [-0.25, -0.2) is 0 Å². The first-order valence-electron chi connectivity index (χ1n) is 6.53. The van der Waals surface area contributed by atoms with Crippen molar-refractivity contribution in [2.24, 2.45) is 11.1 Å². The number of rotatable bonds is 3. The van der Waals surface area contributed by atoms with Gasteiger partial charge < -0.3 is 5.21 Å². The van der Waals surface area contributed by atoms with Crippen LogP contribution in [0.3, 0.4) is 0 Å². The summed E-state index contributed by atoms with van der Waals surface area (Å²) in [6.45, 7) is 0. The Morgan fingerprint density at radius 1 is 1.53 bits per heavy atom. The van der Waals surface area contributed by atoms with E-state index in [0.29, 0.717) is 5.92 Å². The van der Waals surface area contributed by atoms with Crippen molar-refractivity contribution in [1.29, 1.82) is 0 Å². The van der Waals surface area contributed by atoms with Crippen molar-refractivity contribution in [2.45, 2.75) is 25.7 Å². The molecular formula is C15H16N2OS. The molecule has 2 heterocycles. The first kappa shape index (κ1) is 12.4. The molecule has 0 aromatic carbocycles. The van der Waals surface area contributed by atoms with Crippen LogP contribution in [0, 0.1) is 5.92 Å². The second kappa shape index (κ2) is 5.53. The van der Waals surface area contributed by atoms with Gasteiger partial charge in [0, 0.05) is 22.1 Å². The van der Waals surface area contributed by atoms with Crippen molar-refractivity contribution < 1.29 is 5.21 Å². The highest BCUT2D eigenvalue weighted by Crippen LogP contribution is 2.33. The highest BCUT2D eigenvalue weighted by molar-refractivity contribution is 7.13. The smallest absolute Gasteiger partial charge is 0.0833 e. The number of oxime groups is 1. The zero-order valence-corrected chi connectivity index (χ0v) is 11.4. The Kier molecular flexibility index (Phi) is 3.60. The summed E-state index contributed by atoms with van der Waals surface area (Å²) in [7, 11) is 0. The van der Waals surface area contributed by atoms with Gasteiger partial charge in [-0.1, -0.05) is 11.2 Å². The molecular weight excluding hydrogens is 256 g/mol. The summed E-state index contributed by atoms with van der Waals surface area (Å²) in [4.78, 5) is 6.68. The normalized spacial score (nSPS) is 18.6. The first-order valence-corrected chi connectivity index (χ1v) is 7.34. The molecule has 0 fully saturated rings. The molecule has 98 valence electrons. The summed E-state index contributed by atoms with van der Waals surface area (Å²) in [5.74, 6) is 0.703. The van der Waals surface area contributed by atoms with Crippen LogP contribution in [0.2, 0.25) is 0 Å². The van der Waals surface area contributed by atoms with Crippen molar-refractivity contribution >= 4 is 17.6 Å². The van der Waals surface area contributed by atoms with E-state index >= 15 is 0 Å². The van der Waals surface area contributed by atoms with Crippen molar-refractivity contribution in [3.05, 3.63) is 51.5 Å². The maximum absolute atomic E-state index is 8.60. The predicted molar refractivity (Wildman–Crippen MR) is 77.2 cm³/mol. The Labute approximate surface area is 116 Å². The molecule has 0 amide bonds. The lowest BCUT2D eigenvalue weighted by atomic mass is 9.85. The molecule has 0 radical (unpaired) electrons. The minimum atomic E-state index is 0.703. The molecule has 0 aliphatic heterocycles. The van der Waals surface area contributed by atoms with Gasteiger partial charge in [0.05, 0.1) is 6.21 Å². The van der Waals surface area contributed by atoms with Crippen LogP contribution in [0.25, 0.3) is 0 Å². The quantitative estimate of drug-likeness (QED) is 0.529. The van der Waals surface area contributed by atoms with Crippen molar-refractivity contribution in [1.82, 2.24) is 4.98 Å². The molecule has 0 saturated heterocycles. The molecule has 0 bridgehead atoms. The summed E-state index contributed by atoms with van der Waals surface area (Å²) in [5, 5.41) is 11.7. The fourth-order valence-corrected chi connectivity index (χ4v) is 3.94. The zero-order chi connectivity index (χ0) is 13.1. The number of nitrogens with zero attached hydrogens (tertiary/aromatic N) is 2. The van der Waals surface area contributed by atoms with Crippen LogP contribution < -0.4 is 0 Å². The van der Waals surface area contributed by atoms with E-state index in [9.17, 15) is 0 Å². The van der Waals surface area contributed by atoms with Gasteiger partial charge >= 0.3 is 0 Å². The summed E-state index contributed by atoms with van der Waals surface area (Å²) in [6, 6.07) is 6.31. The Hall–Kier alpha value is -1.68. The summed E-state index contributed by atoms with van der Waals surface area (Å²) < 4.78 is 0. The Morgan fingerprint density at radius 3 is 3.26 bits per heavy atom. The van der Waals surface area contributed by atoms with Crippen LogP contribution in [0.1, 0.15) is 27.3 Å². The maximum atomic E-state index is 8.60. The third kappa shape index (κ3) is 2.84. The highest BCUT2D eigenvalue weighted by Gasteiger charge is 2.21. The SMILES string of the molecule is ON=Cc1cc2c(s1)CC(Cc1cccnc1)CC2. The Bertz CT molecular complexity index is 577. The lowest BCUT2D eigenvalue weighted by molar-refractivity contribution is 0.322. The van der Waals surface area contributed by atoms with E-state index in [1.54, 1.807) is 11.3 Å². The standard InChI is InChI=1S/C15H16N2OS/c18-17-10-14-8-13-4-3-11(7-15(13)19-14)6-12-2-1-5-16-9-12/h1-2,5,8-11,18H,3-4,6-7H2. The second-order valence-electron chi connectivity index (χ2n) is 5.02. The van der Waals surface area contributed by atoms with Gasteiger partial charge in [-0.2, -0.15) is 0 Å². The van der Waals surface area contributed by atoms with Crippen LogP contribution >= 0.6 is 11.3 Å². The van der Waals surface area contributed by atoms with Crippen LogP contribution in [0.4, 0.5) is 0 Å². The van der Waals surface area contributed by atoms with Gasteiger partial charge in [-0.15, -0.1) is 11.3 Å². The topological polar surface area (TPSA) is 45.5 Å². The summed E-state index contributed by atoms with van der Waals surface area (Å²) in [6.07, 6.45) is 9.92. The maximum Gasteiger partial charge on any atom is 0.0833 e. The third-order valence-corrected chi connectivity index (χ3v) is 4.78. The number of aromatic nitrogens is 1. The van der Waals surface area contributed by atoms with Gasteiger partial charge in [-0.3, -0.25) is 4.98 Å². The first-order chi connectivity index (χ1) is 9.35. The van der Waals surface area contributed by atoms with Crippen molar-refractivity contribution in [2.75, 3.05) is 0 Å². The minimum Gasteiger partial charge on any atom is -0.411 e. The molecule has 1 unspecified atom stereocenters. The lowest BCUT2D eigenvalue weighted by Gasteiger charge is -2.21. The number of pyridine rings is 1. The summed E-state index contributed by atoms with van der Waals surface area (Å²) >= 11 is 1.75. The Morgan fingerprint density at radius 2 is 2.47 bits per heavy atom. The van der Waals surface area contributed by atoms with Gasteiger partial charge in [0.2, 0.25) is 0 Å². The molecule has 19 heavy (non-hydrogen) atoms. The van der Waals surface area contributed by atoms with E-state index in [1.807, 2.05) is 18.5 Å². The number of fused-ring (bicyclic) bond motifs is 1. The second-order valence-corrected chi connectivity index (χ2v) is 6.18. The number of hydrogen-bond acceptors (Lipinski definition) is 4. The highest BCUT2D eigenvalue weighted by atomic mass is 32.1. The molecule has 1 aliphatic rings. The van der Waals surface area contributed by atoms with E-state index < -0.39 is 0 Å². The molecule has 3 rings (SSSR count). The summed E-state index contributed by atoms with van der Waals surface area (Å²) in [5.41, 5.74) is 2.76. The predicted octanol–water partition coefficient (Wildman–Crippen LogP) is 3.30. The van der Waals surface area contributed by atoms with E-state index in [2.05, 4.69) is 22.3 Å². The van der Waals surface area contributed by atoms with Crippen molar-refractivity contribution in [3.8, 4) is 0 Å². The van der Waals surface area contributed by atoms with Crippen LogP contribution in [0.15, 0.2) is 35.7 Å². The van der Waals surface area contributed by atoms with Gasteiger partial charge in [-0.05, 0) is 54.9 Å². The fraction of sp³-hybridized carbons (Fsp3) is 0.333. The molecule has 3 nitrogen and oxygen atoms in total. The number of thiophene rings is 1.